The number of unbranched alkanes of at least 4 members (excludes halogenated alkanes) is 1. The topological polar surface area (TPSA) is 52.5 Å². The van der Waals surface area contributed by atoms with E-state index in [1.807, 2.05) is 22.7 Å². The first-order valence-electron chi connectivity index (χ1n) is 6.53. The van der Waals surface area contributed by atoms with Crippen LogP contribution in [0.2, 0.25) is 0 Å². The summed E-state index contributed by atoms with van der Waals surface area (Å²) >= 11 is 0. The maximum Gasteiger partial charge on any atom is 0.179 e. The predicted octanol–water partition coefficient (Wildman–Crippen LogP) is 2.58. The van der Waals surface area contributed by atoms with Crippen molar-refractivity contribution in [1.82, 2.24) is 9.38 Å². The summed E-state index contributed by atoms with van der Waals surface area (Å²) in [5.41, 5.74) is 7.45. The SMILES string of the molecule is CC(C)c1cn2cccc(OCCCCN)c2n1. The van der Waals surface area contributed by atoms with E-state index in [0.29, 0.717) is 19.1 Å². The molecule has 2 aromatic heterocycles. The molecule has 2 aromatic rings. The molecule has 0 bridgehead atoms. The maximum absolute atomic E-state index is 5.78. The van der Waals surface area contributed by atoms with Gasteiger partial charge in [-0.1, -0.05) is 13.8 Å². The first-order valence-corrected chi connectivity index (χ1v) is 6.53. The summed E-state index contributed by atoms with van der Waals surface area (Å²) in [5.74, 6) is 1.27. The highest BCUT2D eigenvalue weighted by atomic mass is 16.5. The molecule has 0 atom stereocenters. The average molecular weight is 247 g/mol. The highest BCUT2D eigenvalue weighted by molar-refractivity contribution is 5.54. The summed E-state index contributed by atoms with van der Waals surface area (Å²) in [6, 6.07) is 3.95. The summed E-state index contributed by atoms with van der Waals surface area (Å²) < 4.78 is 7.80. The number of fused-ring (bicyclic) bond motifs is 1. The van der Waals surface area contributed by atoms with Crippen molar-refractivity contribution in [2.24, 2.45) is 5.73 Å². The van der Waals surface area contributed by atoms with Crippen LogP contribution in [-0.2, 0) is 0 Å². The second kappa shape index (κ2) is 5.87. The third kappa shape index (κ3) is 2.82. The van der Waals surface area contributed by atoms with E-state index in [0.717, 1.165) is 29.9 Å². The quantitative estimate of drug-likeness (QED) is 0.798. The summed E-state index contributed by atoms with van der Waals surface area (Å²) in [4.78, 5) is 4.62. The van der Waals surface area contributed by atoms with Crippen LogP contribution in [0.15, 0.2) is 24.5 Å². The normalized spacial score (nSPS) is 11.3. The van der Waals surface area contributed by atoms with Gasteiger partial charge < -0.3 is 14.9 Å². The Morgan fingerprint density at radius 3 is 2.94 bits per heavy atom. The summed E-state index contributed by atoms with van der Waals surface area (Å²) in [7, 11) is 0. The lowest BCUT2D eigenvalue weighted by Crippen LogP contribution is -2.04. The number of hydrogen-bond acceptors (Lipinski definition) is 3. The highest BCUT2D eigenvalue weighted by Crippen LogP contribution is 2.22. The van der Waals surface area contributed by atoms with E-state index in [-0.39, 0.29) is 0 Å². The van der Waals surface area contributed by atoms with Crippen molar-refractivity contribution in [3.8, 4) is 5.75 Å². The minimum absolute atomic E-state index is 0.426. The molecule has 0 aliphatic carbocycles. The van der Waals surface area contributed by atoms with Crippen LogP contribution < -0.4 is 10.5 Å². The summed E-state index contributed by atoms with van der Waals surface area (Å²) in [6.07, 6.45) is 6.04. The van der Waals surface area contributed by atoms with Crippen molar-refractivity contribution in [1.29, 1.82) is 0 Å². The van der Waals surface area contributed by atoms with E-state index in [1.54, 1.807) is 0 Å². The summed E-state index contributed by atoms with van der Waals surface area (Å²) in [6.45, 7) is 5.70. The van der Waals surface area contributed by atoms with Crippen LogP contribution in [0.1, 0.15) is 38.3 Å². The molecule has 4 nitrogen and oxygen atoms in total. The van der Waals surface area contributed by atoms with Gasteiger partial charge in [-0.05, 0) is 37.4 Å². The van der Waals surface area contributed by atoms with Gasteiger partial charge in [0, 0.05) is 12.4 Å². The van der Waals surface area contributed by atoms with Gasteiger partial charge in [0.2, 0.25) is 0 Å². The molecule has 98 valence electrons. The number of aromatic nitrogens is 2. The van der Waals surface area contributed by atoms with Crippen LogP contribution in [0, 0.1) is 0 Å². The van der Waals surface area contributed by atoms with Crippen LogP contribution in [0.3, 0.4) is 0 Å². The van der Waals surface area contributed by atoms with Crippen molar-refractivity contribution in [2.75, 3.05) is 13.2 Å². The molecule has 0 aliphatic heterocycles. The molecular weight excluding hydrogens is 226 g/mol. The Kier molecular flexibility index (Phi) is 4.20. The Hall–Kier alpha value is -1.55. The van der Waals surface area contributed by atoms with E-state index < -0.39 is 0 Å². The molecule has 0 saturated heterocycles. The van der Waals surface area contributed by atoms with Gasteiger partial charge in [-0.15, -0.1) is 0 Å². The van der Waals surface area contributed by atoms with Gasteiger partial charge in [0.05, 0.1) is 12.3 Å². The van der Waals surface area contributed by atoms with Gasteiger partial charge in [0.1, 0.15) is 0 Å². The second-order valence-electron chi connectivity index (χ2n) is 4.77. The largest absolute Gasteiger partial charge is 0.490 e. The minimum Gasteiger partial charge on any atom is -0.490 e. The predicted molar refractivity (Wildman–Crippen MR) is 73.1 cm³/mol. The highest BCUT2D eigenvalue weighted by Gasteiger charge is 2.09. The molecule has 2 N–H and O–H groups in total. The second-order valence-corrected chi connectivity index (χ2v) is 4.77. The zero-order chi connectivity index (χ0) is 13.0. The molecule has 0 aliphatic rings. The molecule has 0 amide bonds. The zero-order valence-corrected chi connectivity index (χ0v) is 11.1. The molecule has 4 heteroatoms. The minimum atomic E-state index is 0.426. The van der Waals surface area contributed by atoms with Crippen molar-refractivity contribution < 1.29 is 4.74 Å². The third-order valence-electron chi connectivity index (χ3n) is 2.91. The molecule has 0 unspecified atom stereocenters. The Bertz CT molecular complexity index is 505. The van der Waals surface area contributed by atoms with Gasteiger partial charge >= 0.3 is 0 Å². The first kappa shape index (κ1) is 12.9. The molecule has 0 radical (unpaired) electrons. The lowest BCUT2D eigenvalue weighted by Gasteiger charge is -2.06. The lowest BCUT2D eigenvalue weighted by atomic mass is 10.2. The van der Waals surface area contributed by atoms with Gasteiger partial charge in [-0.3, -0.25) is 0 Å². The molecule has 0 spiro atoms. The molecule has 0 saturated carbocycles. The number of ether oxygens (including phenoxy) is 1. The van der Waals surface area contributed by atoms with Gasteiger partial charge in [0.15, 0.2) is 11.4 Å². The zero-order valence-electron chi connectivity index (χ0n) is 11.1. The monoisotopic (exact) mass is 247 g/mol. The van der Waals surface area contributed by atoms with E-state index >= 15 is 0 Å². The number of rotatable bonds is 6. The number of nitrogens with two attached hydrogens (primary N) is 1. The Balaban J connectivity index is 2.16. The number of imidazole rings is 1. The van der Waals surface area contributed by atoms with Crippen molar-refractivity contribution >= 4 is 5.65 Å². The van der Waals surface area contributed by atoms with Gasteiger partial charge in [-0.25, -0.2) is 4.98 Å². The van der Waals surface area contributed by atoms with Crippen LogP contribution >= 0.6 is 0 Å². The fourth-order valence-electron chi connectivity index (χ4n) is 1.83. The van der Waals surface area contributed by atoms with Crippen molar-refractivity contribution in [3.63, 3.8) is 0 Å². The van der Waals surface area contributed by atoms with E-state index in [9.17, 15) is 0 Å². The average Bonchev–Trinajstić information content (AvgIpc) is 2.79. The molecular formula is C14H21N3O. The number of nitrogens with zero attached hydrogens (tertiary/aromatic N) is 2. The first-order chi connectivity index (χ1) is 8.72. The molecule has 2 heterocycles. The van der Waals surface area contributed by atoms with Crippen LogP contribution in [0.4, 0.5) is 0 Å². The van der Waals surface area contributed by atoms with Gasteiger partial charge in [-0.2, -0.15) is 0 Å². The smallest absolute Gasteiger partial charge is 0.179 e. The lowest BCUT2D eigenvalue weighted by molar-refractivity contribution is 0.309. The fourth-order valence-corrected chi connectivity index (χ4v) is 1.83. The third-order valence-corrected chi connectivity index (χ3v) is 2.91. The maximum atomic E-state index is 5.78. The summed E-state index contributed by atoms with van der Waals surface area (Å²) in [5, 5.41) is 0. The molecule has 0 fully saturated rings. The Morgan fingerprint density at radius 2 is 2.22 bits per heavy atom. The Labute approximate surface area is 108 Å². The van der Waals surface area contributed by atoms with Crippen LogP contribution in [-0.4, -0.2) is 22.5 Å². The van der Waals surface area contributed by atoms with Gasteiger partial charge in [0.25, 0.3) is 0 Å². The van der Waals surface area contributed by atoms with Crippen molar-refractivity contribution in [3.05, 3.63) is 30.2 Å². The standard InChI is InChI=1S/C14H21N3O/c1-11(2)12-10-17-8-5-6-13(14(17)16-12)18-9-4-3-7-15/h5-6,8,10-11H,3-4,7,9,15H2,1-2H3. The number of hydrogen-bond donors (Lipinski definition) is 1. The Morgan fingerprint density at radius 1 is 1.39 bits per heavy atom. The van der Waals surface area contributed by atoms with E-state index in [1.165, 1.54) is 0 Å². The van der Waals surface area contributed by atoms with Crippen LogP contribution in [0.5, 0.6) is 5.75 Å². The van der Waals surface area contributed by atoms with Crippen LogP contribution in [0.25, 0.3) is 5.65 Å². The van der Waals surface area contributed by atoms with Crippen molar-refractivity contribution in [2.45, 2.75) is 32.6 Å². The fraction of sp³-hybridized carbons (Fsp3) is 0.500. The van der Waals surface area contributed by atoms with E-state index in [4.69, 9.17) is 10.5 Å². The molecule has 18 heavy (non-hydrogen) atoms. The molecule has 2 rings (SSSR count). The van der Waals surface area contributed by atoms with E-state index in [2.05, 4.69) is 25.0 Å². The molecule has 0 aromatic carbocycles. The number of pyridine rings is 1.